The summed E-state index contributed by atoms with van der Waals surface area (Å²) in [6.07, 6.45) is 0.164. The zero-order valence-electron chi connectivity index (χ0n) is 11.9. The van der Waals surface area contributed by atoms with Crippen molar-refractivity contribution >= 4 is 0 Å². The minimum absolute atomic E-state index is 0.164. The SMILES string of the molecule is Cc1cc(-c2onc(C)c2CN)ccc1OC(C)C. The first-order valence-electron chi connectivity index (χ1n) is 6.45. The first-order chi connectivity index (χ1) is 9.02. The summed E-state index contributed by atoms with van der Waals surface area (Å²) in [5.74, 6) is 1.64. The van der Waals surface area contributed by atoms with E-state index < -0.39 is 0 Å². The highest BCUT2D eigenvalue weighted by Gasteiger charge is 2.14. The van der Waals surface area contributed by atoms with E-state index in [1.54, 1.807) is 0 Å². The van der Waals surface area contributed by atoms with Gasteiger partial charge in [0.15, 0.2) is 5.76 Å². The molecule has 4 heteroatoms. The molecule has 1 aromatic heterocycles. The lowest BCUT2D eigenvalue weighted by molar-refractivity contribution is 0.241. The van der Waals surface area contributed by atoms with Crippen LogP contribution in [0.5, 0.6) is 5.75 Å². The van der Waals surface area contributed by atoms with Gasteiger partial charge >= 0.3 is 0 Å². The van der Waals surface area contributed by atoms with Crippen molar-refractivity contribution in [3.63, 3.8) is 0 Å². The number of aryl methyl sites for hydroxylation is 2. The quantitative estimate of drug-likeness (QED) is 0.917. The molecule has 2 N–H and O–H groups in total. The molecule has 2 aromatic rings. The molecule has 0 spiro atoms. The van der Waals surface area contributed by atoms with Crippen LogP contribution in [0, 0.1) is 13.8 Å². The van der Waals surface area contributed by atoms with Gasteiger partial charge in [0.25, 0.3) is 0 Å². The monoisotopic (exact) mass is 260 g/mol. The molecule has 4 nitrogen and oxygen atoms in total. The average Bonchev–Trinajstić information content (AvgIpc) is 2.72. The molecule has 0 fully saturated rings. The molecule has 0 radical (unpaired) electrons. The molecular formula is C15H20N2O2. The van der Waals surface area contributed by atoms with Gasteiger partial charge in [-0.05, 0) is 51.5 Å². The molecule has 0 saturated carbocycles. The number of ether oxygens (including phenoxy) is 1. The summed E-state index contributed by atoms with van der Waals surface area (Å²) in [4.78, 5) is 0. The van der Waals surface area contributed by atoms with E-state index >= 15 is 0 Å². The third-order valence-electron chi connectivity index (χ3n) is 2.99. The van der Waals surface area contributed by atoms with Crippen LogP contribution < -0.4 is 10.5 Å². The lowest BCUT2D eigenvalue weighted by Gasteiger charge is -2.13. The van der Waals surface area contributed by atoms with Crippen LogP contribution in [0.3, 0.4) is 0 Å². The van der Waals surface area contributed by atoms with Gasteiger partial charge in [-0.15, -0.1) is 0 Å². The number of rotatable bonds is 4. The summed E-state index contributed by atoms with van der Waals surface area (Å²) in [7, 11) is 0. The second kappa shape index (κ2) is 5.45. The highest BCUT2D eigenvalue weighted by molar-refractivity contribution is 5.64. The van der Waals surface area contributed by atoms with Crippen LogP contribution in [0.25, 0.3) is 11.3 Å². The van der Waals surface area contributed by atoms with Crippen molar-refractivity contribution in [2.75, 3.05) is 0 Å². The van der Waals surface area contributed by atoms with E-state index in [0.29, 0.717) is 6.54 Å². The van der Waals surface area contributed by atoms with Gasteiger partial charge in [0.1, 0.15) is 5.75 Å². The van der Waals surface area contributed by atoms with E-state index in [2.05, 4.69) is 5.16 Å². The maximum atomic E-state index is 5.74. The minimum atomic E-state index is 0.164. The van der Waals surface area contributed by atoms with Crippen molar-refractivity contribution in [1.82, 2.24) is 5.16 Å². The first kappa shape index (κ1) is 13.6. The Morgan fingerprint density at radius 3 is 2.63 bits per heavy atom. The van der Waals surface area contributed by atoms with Crippen molar-refractivity contribution in [3.05, 3.63) is 35.0 Å². The second-order valence-corrected chi connectivity index (χ2v) is 4.93. The number of nitrogens with zero attached hydrogens (tertiary/aromatic N) is 1. The summed E-state index contributed by atoms with van der Waals surface area (Å²) in [5, 5.41) is 3.98. The van der Waals surface area contributed by atoms with Crippen LogP contribution in [0.1, 0.15) is 30.7 Å². The lowest BCUT2D eigenvalue weighted by atomic mass is 10.0. The molecule has 0 amide bonds. The van der Waals surface area contributed by atoms with E-state index in [4.69, 9.17) is 15.0 Å². The van der Waals surface area contributed by atoms with Gasteiger partial charge < -0.3 is 15.0 Å². The number of hydrogen-bond donors (Lipinski definition) is 1. The molecule has 0 saturated heterocycles. The fourth-order valence-electron chi connectivity index (χ4n) is 2.03. The van der Waals surface area contributed by atoms with Crippen LogP contribution in [0.2, 0.25) is 0 Å². The Balaban J connectivity index is 2.39. The van der Waals surface area contributed by atoms with Crippen LogP contribution >= 0.6 is 0 Å². The third-order valence-corrected chi connectivity index (χ3v) is 2.99. The zero-order chi connectivity index (χ0) is 14.0. The third kappa shape index (κ3) is 2.79. The van der Waals surface area contributed by atoms with Crippen molar-refractivity contribution < 1.29 is 9.26 Å². The van der Waals surface area contributed by atoms with Crippen LogP contribution in [0.4, 0.5) is 0 Å². The summed E-state index contributed by atoms with van der Waals surface area (Å²) in [5.41, 5.74) is 9.60. The predicted molar refractivity (Wildman–Crippen MR) is 75.1 cm³/mol. The van der Waals surface area contributed by atoms with Crippen molar-refractivity contribution in [2.45, 2.75) is 40.3 Å². The minimum Gasteiger partial charge on any atom is -0.491 e. The summed E-state index contributed by atoms with van der Waals surface area (Å²) >= 11 is 0. The Morgan fingerprint density at radius 1 is 1.32 bits per heavy atom. The highest BCUT2D eigenvalue weighted by Crippen LogP contribution is 2.30. The Hall–Kier alpha value is -1.81. The molecule has 0 unspecified atom stereocenters. The molecule has 1 aromatic carbocycles. The Kier molecular flexibility index (Phi) is 3.90. The van der Waals surface area contributed by atoms with Gasteiger partial charge in [0.2, 0.25) is 0 Å². The van der Waals surface area contributed by atoms with E-state index in [0.717, 1.165) is 33.9 Å². The van der Waals surface area contributed by atoms with Crippen molar-refractivity contribution in [2.24, 2.45) is 5.73 Å². The Morgan fingerprint density at radius 2 is 2.05 bits per heavy atom. The zero-order valence-corrected chi connectivity index (χ0v) is 11.9. The van der Waals surface area contributed by atoms with Gasteiger partial charge in [0.05, 0.1) is 11.8 Å². The topological polar surface area (TPSA) is 61.3 Å². The predicted octanol–water partition coefficient (Wildman–Crippen LogP) is 3.20. The fourth-order valence-corrected chi connectivity index (χ4v) is 2.03. The molecule has 0 aliphatic heterocycles. The van der Waals surface area contributed by atoms with E-state index in [1.807, 2.05) is 45.9 Å². The number of hydrogen-bond acceptors (Lipinski definition) is 4. The molecule has 2 rings (SSSR count). The highest BCUT2D eigenvalue weighted by atomic mass is 16.5. The van der Waals surface area contributed by atoms with E-state index in [9.17, 15) is 0 Å². The second-order valence-electron chi connectivity index (χ2n) is 4.93. The van der Waals surface area contributed by atoms with E-state index in [-0.39, 0.29) is 6.10 Å². The average molecular weight is 260 g/mol. The maximum Gasteiger partial charge on any atom is 0.171 e. The summed E-state index contributed by atoms with van der Waals surface area (Å²) < 4.78 is 11.1. The van der Waals surface area contributed by atoms with Crippen molar-refractivity contribution in [3.8, 4) is 17.1 Å². The van der Waals surface area contributed by atoms with Gasteiger partial charge in [0, 0.05) is 17.7 Å². The molecule has 102 valence electrons. The van der Waals surface area contributed by atoms with Gasteiger partial charge in [-0.1, -0.05) is 5.16 Å². The number of benzene rings is 1. The largest absolute Gasteiger partial charge is 0.491 e. The van der Waals surface area contributed by atoms with Gasteiger partial charge in [-0.25, -0.2) is 0 Å². The van der Waals surface area contributed by atoms with Gasteiger partial charge in [-0.2, -0.15) is 0 Å². The molecule has 0 atom stereocenters. The Bertz CT molecular complexity index is 574. The van der Waals surface area contributed by atoms with Gasteiger partial charge in [-0.3, -0.25) is 0 Å². The summed E-state index contributed by atoms with van der Waals surface area (Å²) in [6, 6.07) is 5.98. The van der Waals surface area contributed by atoms with Crippen molar-refractivity contribution in [1.29, 1.82) is 0 Å². The Labute approximate surface area is 113 Å². The molecule has 1 heterocycles. The fraction of sp³-hybridized carbons (Fsp3) is 0.400. The smallest absolute Gasteiger partial charge is 0.171 e. The molecule has 0 aliphatic rings. The normalized spacial score (nSPS) is 11.1. The van der Waals surface area contributed by atoms with Crippen LogP contribution in [0.15, 0.2) is 22.7 Å². The molecule has 0 bridgehead atoms. The lowest BCUT2D eigenvalue weighted by Crippen LogP contribution is -2.06. The van der Waals surface area contributed by atoms with Crippen LogP contribution in [-0.4, -0.2) is 11.3 Å². The first-order valence-corrected chi connectivity index (χ1v) is 6.45. The van der Waals surface area contributed by atoms with E-state index in [1.165, 1.54) is 0 Å². The summed E-state index contributed by atoms with van der Waals surface area (Å²) in [6.45, 7) is 8.37. The molecule has 19 heavy (non-hydrogen) atoms. The molecule has 0 aliphatic carbocycles. The molecular weight excluding hydrogens is 240 g/mol. The standard InChI is InChI=1S/C15H20N2O2/c1-9(2)18-14-6-5-12(7-10(14)3)15-13(8-16)11(4)17-19-15/h5-7,9H,8,16H2,1-4H3. The number of nitrogens with two attached hydrogens (primary N) is 1. The number of aromatic nitrogens is 1. The maximum absolute atomic E-state index is 5.74. The van der Waals surface area contributed by atoms with Crippen LogP contribution in [-0.2, 0) is 6.54 Å².